The number of amides is 2. The van der Waals surface area contributed by atoms with Gasteiger partial charge >= 0.3 is 0 Å². The van der Waals surface area contributed by atoms with Crippen LogP contribution in [0.15, 0.2) is 0 Å². The van der Waals surface area contributed by atoms with Crippen LogP contribution in [0.4, 0.5) is 0 Å². The summed E-state index contributed by atoms with van der Waals surface area (Å²) in [6.07, 6.45) is 2.99. The minimum Gasteiger partial charge on any atom is -0.370 e. The molecule has 0 aromatic rings. The molecule has 0 spiro atoms. The maximum Gasteiger partial charge on any atom is 0.219 e. The van der Waals surface area contributed by atoms with Gasteiger partial charge in [0.25, 0.3) is 0 Å². The SMILES string of the molecule is CCCC(N)=O.CCCNC(=O)CC. The zero-order valence-electron chi connectivity index (χ0n) is 9.43. The van der Waals surface area contributed by atoms with Gasteiger partial charge in [-0.25, -0.2) is 0 Å². The van der Waals surface area contributed by atoms with Gasteiger partial charge in [-0.2, -0.15) is 0 Å². The predicted octanol–water partition coefficient (Wildman–Crippen LogP) is 1.19. The van der Waals surface area contributed by atoms with Crippen LogP contribution in [0.2, 0.25) is 0 Å². The molecule has 0 saturated carbocycles. The Morgan fingerprint density at radius 1 is 1.14 bits per heavy atom. The Hall–Kier alpha value is -1.06. The fourth-order valence-electron chi connectivity index (χ4n) is 0.636. The average Bonchev–Trinajstić information content (AvgIpc) is 2.15. The fourth-order valence-corrected chi connectivity index (χ4v) is 0.636. The van der Waals surface area contributed by atoms with Crippen LogP contribution < -0.4 is 11.1 Å². The number of nitrogens with one attached hydrogen (secondary N) is 1. The summed E-state index contributed by atoms with van der Waals surface area (Å²) in [5, 5.41) is 2.74. The molecule has 0 unspecified atom stereocenters. The van der Waals surface area contributed by atoms with E-state index in [1.165, 1.54) is 0 Å². The summed E-state index contributed by atoms with van der Waals surface area (Å²) in [5.41, 5.74) is 4.76. The average molecular weight is 202 g/mol. The van der Waals surface area contributed by atoms with Crippen molar-refractivity contribution >= 4 is 11.8 Å². The molecule has 0 aliphatic carbocycles. The minimum absolute atomic E-state index is 0.145. The number of nitrogens with two attached hydrogens (primary N) is 1. The van der Waals surface area contributed by atoms with E-state index in [9.17, 15) is 9.59 Å². The van der Waals surface area contributed by atoms with Crippen LogP contribution in [0.3, 0.4) is 0 Å². The quantitative estimate of drug-likeness (QED) is 0.703. The zero-order chi connectivity index (χ0) is 11.4. The van der Waals surface area contributed by atoms with Gasteiger partial charge in [-0.05, 0) is 12.8 Å². The first-order valence-electron chi connectivity index (χ1n) is 5.13. The molecular weight excluding hydrogens is 180 g/mol. The molecule has 0 aromatic heterocycles. The van der Waals surface area contributed by atoms with Crippen LogP contribution in [0.1, 0.15) is 46.5 Å². The Morgan fingerprint density at radius 3 is 1.93 bits per heavy atom. The number of primary amides is 1. The van der Waals surface area contributed by atoms with Gasteiger partial charge in [-0.3, -0.25) is 9.59 Å². The second-order valence-corrected chi connectivity index (χ2v) is 2.92. The molecule has 0 aromatic carbocycles. The van der Waals surface area contributed by atoms with E-state index in [1.54, 1.807) is 0 Å². The van der Waals surface area contributed by atoms with Crippen LogP contribution in [-0.2, 0) is 9.59 Å². The molecule has 4 heteroatoms. The van der Waals surface area contributed by atoms with E-state index in [0.29, 0.717) is 12.8 Å². The lowest BCUT2D eigenvalue weighted by molar-refractivity contribution is -0.120. The molecular formula is C10H22N2O2. The Balaban J connectivity index is 0. The Kier molecular flexibility index (Phi) is 13.1. The van der Waals surface area contributed by atoms with Crippen LogP contribution in [-0.4, -0.2) is 18.4 Å². The van der Waals surface area contributed by atoms with E-state index in [0.717, 1.165) is 19.4 Å². The lowest BCUT2D eigenvalue weighted by atomic mass is 10.3. The van der Waals surface area contributed by atoms with Gasteiger partial charge in [0.15, 0.2) is 0 Å². The molecule has 0 aliphatic rings. The van der Waals surface area contributed by atoms with Crippen molar-refractivity contribution in [1.82, 2.24) is 5.32 Å². The third kappa shape index (κ3) is 17.1. The van der Waals surface area contributed by atoms with Gasteiger partial charge in [-0.1, -0.05) is 20.8 Å². The van der Waals surface area contributed by atoms with Crippen molar-refractivity contribution in [3.05, 3.63) is 0 Å². The number of hydrogen-bond acceptors (Lipinski definition) is 2. The predicted molar refractivity (Wildman–Crippen MR) is 57.7 cm³/mol. The molecule has 3 N–H and O–H groups in total. The first kappa shape index (κ1) is 15.4. The van der Waals surface area contributed by atoms with Gasteiger partial charge in [-0.15, -0.1) is 0 Å². The first-order chi connectivity index (χ1) is 6.58. The molecule has 14 heavy (non-hydrogen) atoms. The first-order valence-corrected chi connectivity index (χ1v) is 5.13. The largest absolute Gasteiger partial charge is 0.370 e. The van der Waals surface area contributed by atoms with E-state index < -0.39 is 0 Å². The Bertz CT molecular complexity index is 158. The maximum absolute atomic E-state index is 10.5. The molecule has 4 nitrogen and oxygen atoms in total. The third-order valence-electron chi connectivity index (χ3n) is 1.39. The zero-order valence-corrected chi connectivity index (χ0v) is 9.43. The second-order valence-electron chi connectivity index (χ2n) is 2.92. The lowest BCUT2D eigenvalue weighted by Crippen LogP contribution is -2.22. The highest BCUT2D eigenvalue weighted by Gasteiger charge is 1.90. The minimum atomic E-state index is -0.211. The van der Waals surface area contributed by atoms with Crippen molar-refractivity contribution in [3.63, 3.8) is 0 Å². The number of rotatable bonds is 5. The summed E-state index contributed by atoms with van der Waals surface area (Å²) in [6.45, 7) is 6.62. The van der Waals surface area contributed by atoms with Crippen molar-refractivity contribution in [1.29, 1.82) is 0 Å². The number of carbonyl (C=O) groups is 2. The van der Waals surface area contributed by atoms with Crippen molar-refractivity contribution in [2.24, 2.45) is 5.73 Å². The highest BCUT2D eigenvalue weighted by molar-refractivity contribution is 5.75. The summed E-state index contributed by atoms with van der Waals surface area (Å²) in [5.74, 6) is -0.0654. The standard InChI is InChI=1S/C6H13NO.C4H9NO/c1-3-5-7-6(8)4-2;1-2-3-4(5)6/h3-5H2,1-2H3,(H,7,8);2-3H2,1H3,(H2,5,6). The topological polar surface area (TPSA) is 72.2 Å². The van der Waals surface area contributed by atoms with Crippen LogP contribution >= 0.6 is 0 Å². The molecule has 0 saturated heterocycles. The monoisotopic (exact) mass is 202 g/mol. The summed E-state index contributed by atoms with van der Waals surface area (Å²) < 4.78 is 0. The molecule has 0 heterocycles. The van der Waals surface area contributed by atoms with Gasteiger partial charge in [0.1, 0.15) is 0 Å². The van der Waals surface area contributed by atoms with E-state index in [-0.39, 0.29) is 11.8 Å². The normalized spacial score (nSPS) is 8.50. The lowest BCUT2D eigenvalue weighted by Gasteiger charge is -1.97. The highest BCUT2D eigenvalue weighted by atomic mass is 16.1. The van der Waals surface area contributed by atoms with Crippen molar-refractivity contribution in [3.8, 4) is 0 Å². The van der Waals surface area contributed by atoms with Crippen LogP contribution in [0.5, 0.6) is 0 Å². The molecule has 0 aliphatic heterocycles. The Labute approximate surface area is 86.2 Å². The van der Waals surface area contributed by atoms with Crippen molar-refractivity contribution in [2.75, 3.05) is 6.54 Å². The Morgan fingerprint density at radius 2 is 1.71 bits per heavy atom. The highest BCUT2D eigenvalue weighted by Crippen LogP contribution is 1.79. The van der Waals surface area contributed by atoms with Gasteiger partial charge in [0.2, 0.25) is 11.8 Å². The second kappa shape index (κ2) is 11.9. The van der Waals surface area contributed by atoms with Gasteiger partial charge in [0.05, 0.1) is 0 Å². The molecule has 0 radical (unpaired) electrons. The molecule has 0 fully saturated rings. The van der Waals surface area contributed by atoms with Crippen LogP contribution in [0.25, 0.3) is 0 Å². The molecule has 0 bridgehead atoms. The summed E-state index contributed by atoms with van der Waals surface area (Å²) in [4.78, 5) is 20.3. The van der Waals surface area contributed by atoms with E-state index in [2.05, 4.69) is 5.32 Å². The molecule has 0 rings (SSSR count). The van der Waals surface area contributed by atoms with E-state index in [4.69, 9.17) is 5.73 Å². The van der Waals surface area contributed by atoms with Gasteiger partial charge < -0.3 is 11.1 Å². The van der Waals surface area contributed by atoms with Crippen LogP contribution in [0, 0.1) is 0 Å². The summed E-state index contributed by atoms with van der Waals surface area (Å²) >= 11 is 0. The van der Waals surface area contributed by atoms with Crippen molar-refractivity contribution < 1.29 is 9.59 Å². The summed E-state index contributed by atoms with van der Waals surface area (Å²) in [7, 11) is 0. The molecule has 0 atom stereocenters. The molecule has 2 amide bonds. The number of carbonyl (C=O) groups excluding carboxylic acids is 2. The smallest absolute Gasteiger partial charge is 0.219 e. The molecule has 84 valence electrons. The summed E-state index contributed by atoms with van der Waals surface area (Å²) in [6, 6.07) is 0. The fraction of sp³-hybridized carbons (Fsp3) is 0.800. The maximum atomic E-state index is 10.5. The van der Waals surface area contributed by atoms with Gasteiger partial charge in [0, 0.05) is 19.4 Å². The third-order valence-corrected chi connectivity index (χ3v) is 1.39. The number of hydrogen-bond donors (Lipinski definition) is 2. The van der Waals surface area contributed by atoms with E-state index in [1.807, 2.05) is 20.8 Å². The van der Waals surface area contributed by atoms with E-state index >= 15 is 0 Å². The van der Waals surface area contributed by atoms with Crippen molar-refractivity contribution in [2.45, 2.75) is 46.5 Å².